The van der Waals surface area contributed by atoms with Gasteiger partial charge in [-0.2, -0.15) is 0 Å². The number of hydrogen-bond donors (Lipinski definition) is 0. The summed E-state index contributed by atoms with van der Waals surface area (Å²) < 4.78 is 12.5. The van der Waals surface area contributed by atoms with Gasteiger partial charge >= 0.3 is 7.12 Å². The largest absolute Gasteiger partial charge is 0.494 e. The molecule has 1 saturated heterocycles. The molecule has 0 amide bonds. The minimum absolute atomic E-state index is 0.363. The summed E-state index contributed by atoms with van der Waals surface area (Å²) >= 11 is 0. The van der Waals surface area contributed by atoms with Crippen LogP contribution < -0.4 is 10.4 Å². The molecule has 1 aromatic rings. The first-order chi connectivity index (χ1) is 13.2. The molecule has 1 heterocycles. The first kappa shape index (κ1) is 22.3. The van der Waals surface area contributed by atoms with E-state index in [0.29, 0.717) is 0 Å². The van der Waals surface area contributed by atoms with Gasteiger partial charge in [-0.05, 0) is 70.3 Å². The second-order valence-corrected chi connectivity index (χ2v) is 8.07. The Hall–Kier alpha value is -2.04. The standard InChI is InChI=1S/C24H34BNO2/c1-9-12-15-19(4)26(21(11-3)14-10-2)22-17-13-16-20(18-22)25-27-23(5,6)24(7,8)28-25/h10,12-18H,2,4,9,11H2,1,3,5-8H3/b15-12-,21-14+. The summed E-state index contributed by atoms with van der Waals surface area (Å²) in [6.07, 6.45) is 9.87. The van der Waals surface area contributed by atoms with Crippen LogP contribution in [-0.4, -0.2) is 18.3 Å². The molecule has 0 unspecified atom stereocenters. The maximum atomic E-state index is 6.24. The van der Waals surface area contributed by atoms with Gasteiger partial charge in [0.1, 0.15) is 0 Å². The minimum atomic E-state index is -0.389. The summed E-state index contributed by atoms with van der Waals surface area (Å²) in [6.45, 7) is 20.7. The second-order valence-electron chi connectivity index (χ2n) is 8.07. The molecule has 0 saturated carbocycles. The number of rotatable bonds is 8. The highest BCUT2D eigenvalue weighted by Gasteiger charge is 2.51. The number of hydrogen-bond acceptors (Lipinski definition) is 3. The maximum Gasteiger partial charge on any atom is 0.494 e. The molecule has 0 atom stereocenters. The van der Waals surface area contributed by atoms with Crippen molar-refractivity contribution in [1.82, 2.24) is 0 Å². The Morgan fingerprint density at radius 1 is 1.14 bits per heavy atom. The molecule has 1 fully saturated rings. The van der Waals surface area contributed by atoms with Gasteiger partial charge in [0, 0.05) is 17.1 Å². The second kappa shape index (κ2) is 8.98. The fraction of sp³-hybridized carbons (Fsp3) is 0.417. The van der Waals surface area contributed by atoms with Crippen LogP contribution in [0.3, 0.4) is 0 Å². The van der Waals surface area contributed by atoms with Crippen molar-refractivity contribution in [3.05, 3.63) is 73.1 Å². The third-order valence-electron chi connectivity index (χ3n) is 5.45. The molecule has 1 aliphatic rings. The van der Waals surface area contributed by atoms with Crippen LogP contribution in [0.25, 0.3) is 0 Å². The van der Waals surface area contributed by atoms with E-state index in [1.165, 1.54) is 0 Å². The van der Waals surface area contributed by atoms with Crippen molar-refractivity contribution in [2.45, 2.75) is 65.6 Å². The molecule has 1 aliphatic heterocycles. The summed E-state index contributed by atoms with van der Waals surface area (Å²) in [7, 11) is -0.389. The lowest BCUT2D eigenvalue weighted by atomic mass is 9.79. The van der Waals surface area contributed by atoms with Crippen LogP contribution in [0.15, 0.2) is 73.1 Å². The predicted octanol–water partition coefficient (Wildman–Crippen LogP) is 5.75. The summed E-state index contributed by atoms with van der Waals surface area (Å²) in [5.41, 5.74) is 3.36. The van der Waals surface area contributed by atoms with Crippen LogP contribution in [0.4, 0.5) is 5.69 Å². The molecule has 3 nitrogen and oxygen atoms in total. The molecule has 150 valence electrons. The van der Waals surface area contributed by atoms with E-state index in [4.69, 9.17) is 9.31 Å². The van der Waals surface area contributed by atoms with E-state index < -0.39 is 0 Å². The zero-order chi connectivity index (χ0) is 20.9. The van der Waals surface area contributed by atoms with Gasteiger partial charge < -0.3 is 14.2 Å². The van der Waals surface area contributed by atoms with Crippen molar-refractivity contribution in [3.8, 4) is 0 Å². The average Bonchev–Trinajstić information content (AvgIpc) is 2.87. The SMILES string of the molecule is C=C/C=C(\CC)N(C(=C)/C=C\CC)c1cccc(B2OC(C)(C)C(C)(C)O2)c1. The molecule has 0 N–H and O–H groups in total. The van der Waals surface area contributed by atoms with Gasteiger partial charge in [-0.15, -0.1) is 0 Å². The number of benzene rings is 1. The van der Waals surface area contributed by atoms with Crippen molar-refractivity contribution < 1.29 is 9.31 Å². The normalized spacial score (nSPS) is 18.5. The van der Waals surface area contributed by atoms with E-state index in [1.54, 1.807) is 0 Å². The van der Waals surface area contributed by atoms with E-state index in [1.807, 2.05) is 18.2 Å². The van der Waals surface area contributed by atoms with E-state index in [9.17, 15) is 0 Å². The number of anilines is 1. The van der Waals surface area contributed by atoms with Crippen molar-refractivity contribution in [2.75, 3.05) is 4.90 Å². The molecule has 0 aromatic heterocycles. The Labute approximate surface area is 171 Å². The minimum Gasteiger partial charge on any atom is -0.399 e. The molecular weight excluding hydrogens is 345 g/mol. The van der Waals surface area contributed by atoms with Gasteiger partial charge in [-0.1, -0.05) is 51.3 Å². The van der Waals surface area contributed by atoms with Crippen molar-refractivity contribution in [1.29, 1.82) is 0 Å². The summed E-state index contributed by atoms with van der Waals surface area (Å²) in [5.74, 6) is 0. The van der Waals surface area contributed by atoms with Crippen LogP contribution in [0.2, 0.25) is 0 Å². The Morgan fingerprint density at radius 2 is 1.79 bits per heavy atom. The van der Waals surface area contributed by atoms with Crippen molar-refractivity contribution >= 4 is 18.3 Å². The van der Waals surface area contributed by atoms with E-state index in [2.05, 4.69) is 90.0 Å². The fourth-order valence-electron chi connectivity index (χ4n) is 3.12. The lowest BCUT2D eigenvalue weighted by molar-refractivity contribution is 0.00578. The van der Waals surface area contributed by atoms with Crippen LogP contribution in [-0.2, 0) is 9.31 Å². The van der Waals surface area contributed by atoms with E-state index in [-0.39, 0.29) is 18.3 Å². The molecule has 2 rings (SSSR count). The highest BCUT2D eigenvalue weighted by molar-refractivity contribution is 6.62. The lowest BCUT2D eigenvalue weighted by Gasteiger charge is -2.32. The number of nitrogens with zero attached hydrogens (tertiary/aromatic N) is 1. The molecule has 0 radical (unpaired) electrons. The van der Waals surface area contributed by atoms with Crippen LogP contribution >= 0.6 is 0 Å². The topological polar surface area (TPSA) is 21.7 Å². The van der Waals surface area contributed by atoms with Gasteiger partial charge in [-0.25, -0.2) is 0 Å². The van der Waals surface area contributed by atoms with Crippen molar-refractivity contribution in [2.24, 2.45) is 0 Å². The quantitative estimate of drug-likeness (QED) is 0.424. The third-order valence-corrected chi connectivity index (χ3v) is 5.45. The van der Waals surface area contributed by atoms with Gasteiger partial charge in [0.05, 0.1) is 11.2 Å². The predicted molar refractivity (Wildman–Crippen MR) is 122 cm³/mol. The Morgan fingerprint density at radius 3 is 2.32 bits per heavy atom. The van der Waals surface area contributed by atoms with Gasteiger partial charge in [0.2, 0.25) is 0 Å². The molecular formula is C24H34BNO2. The van der Waals surface area contributed by atoms with E-state index >= 15 is 0 Å². The Kier molecular flexibility index (Phi) is 7.14. The van der Waals surface area contributed by atoms with Crippen molar-refractivity contribution in [3.63, 3.8) is 0 Å². The third kappa shape index (κ3) is 4.68. The highest BCUT2D eigenvalue weighted by Crippen LogP contribution is 2.37. The molecule has 0 aliphatic carbocycles. The fourth-order valence-corrected chi connectivity index (χ4v) is 3.12. The smallest absolute Gasteiger partial charge is 0.399 e. The summed E-state index contributed by atoms with van der Waals surface area (Å²) in [5, 5.41) is 0. The Balaban J connectivity index is 2.44. The Bertz CT molecular complexity index is 761. The zero-order valence-corrected chi connectivity index (χ0v) is 18.3. The number of allylic oxidation sites excluding steroid dienone is 5. The van der Waals surface area contributed by atoms with Crippen LogP contribution in [0.5, 0.6) is 0 Å². The van der Waals surface area contributed by atoms with Crippen LogP contribution in [0.1, 0.15) is 54.4 Å². The van der Waals surface area contributed by atoms with E-state index in [0.717, 1.165) is 35.4 Å². The maximum absolute atomic E-state index is 6.24. The van der Waals surface area contributed by atoms with Crippen LogP contribution in [0, 0.1) is 0 Å². The molecule has 0 bridgehead atoms. The lowest BCUT2D eigenvalue weighted by Crippen LogP contribution is -2.41. The summed E-state index contributed by atoms with van der Waals surface area (Å²) in [6, 6.07) is 8.31. The first-order valence-electron chi connectivity index (χ1n) is 10.1. The average molecular weight is 379 g/mol. The molecule has 0 spiro atoms. The van der Waals surface area contributed by atoms with Gasteiger partial charge in [-0.3, -0.25) is 0 Å². The van der Waals surface area contributed by atoms with Gasteiger partial charge in [0.25, 0.3) is 0 Å². The molecule has 28 heavy (non-hydrogen) atoms. The monoisotopic (exact) mass is 379 g/mol. The highest BCUT2D eigenvalue weighted by atomic mass is 16.7. The van der Waals surface area contributed by atoms with Gasteiger partial charge in [0.15, 0.2) is 0 Å². The summed E-state index contributed by atoms with van der Waals surface area (Å²) in [4.78, 5) is 2.17. The first-order valence-corrected chi connectivity index (χ1v) is 10.1. The molecule has 4 heteroatoms. The molecule has 1 aromatic carbocycles. The zero-order valence-electron chi connectivity index (χ0n) is 18.3.